The molecule has 8 nitrogen and oxygen atoms in total. The molecule has 0 radical (unpaired) electrons. The Bertz CT molecular complexity index is 1770. The fraction of sp³-hybridized carbons (Fsp3) is 0.167. The van der Waals surface area contributed by atoms with Crippen LogP contribution in [0.2, 0.25) is 4.34 Å². The molecule has 1 N–H and O–H groups in total. The van der Waals surface area contributed by atoms with Crippen LogP contribution in [0.15, 0.2) is 69.9 Å². The minimum Gasteiger partial charge on any atom is -0.308 e. The summed E-state index contributed by atoms with van der Waals surface area (Å²) in [6.07, 6.45) is 2.44. The van der Waals surface area contributed by atoms with Gasteiger partial charge in [0, 0.05) is 18.4 Å². The molecule has 0 unspecified atom stereocenters. The van der Waals surface area contributed by atoms with Gasteiger partial charge in [-0.1, -0.05) is 47.2 Å². The van der Waals surface area contributed by atoms with Crippen LogP contribution < -0.4 is 9.62 Å². The summed E-state index contributed by atoms with van der Waals surface area (Å²) in [6.45, 7) is 0.101. The van der Waals surface area contributed by atoms with Gasteiger partial charge in [0.25, 0.3) is 10.0 Å². The molecule has 0 bridgehead atoms. The van der Waals surface area contributed by atoms with Gasteiger partial charge in [0.05, 0.1) is 26.0 Å². The van der Waals surface area contributed by atoms with Gasteiger partial charge in [-0.3, -0.25) is 4.79 Å². The molecule has 38 heavy (non-hydrogen) atoms. The third kappa shape index (κ3) is 5.26. The fourth-order valence-electron chi connectivity index (χ4n) is 4.12. The minimum atomic E-state index is -4.05. The quantitative estimate of drug-likeness (QED) is 0.321. The number of rotatable bonds is 7. The maximum absolute atomic E-state index is 15.2. The molecule has 1 saturated heterocycles. The number of hydrogen-bond donors (Lipinski definition) is 1. The zero-order valence-electron chi connectivity index (χ0n) is 19.6. The second kappa shape index (κ2) is 10.1. The van der Waals surface area contributed by atoms with Crippen molar-refractivity contribution in [2.45, 2.75) is 21.6 Å². The van der Waals surface area contributed by atoms with Gasteiger partial charge in [0.15, 0.2) is 14.0 Å². The summed E-state index contributed by atoms with van der Waals surface area (Å²) in [6, 6.07) is 12.7. The number of thiophene rings is 1. The number of nitrogens with zero attached hydrogens (tertiary/aromatic N) is 2. The predicted octanol–water partition coefficient (Wildman–Crippen LogP) is 4.82. The van der Waals surface area contributed by atoms with E-state index < -0.39 is 37.6 Å². The van der Waals surface area contributed by atoms with Gasteiger partial charge < -0.3 is 4.90 Å². The molecule has 1 atom stereocenters. The smallest absolute Gasteiger partial charge is 0.252 e. The van der Waals surface area contributed by atoms with Crippen LogP contribution in [0.5, 0.6) is 0 Å². The summed E-state index contributed by atoms with van der Waals surface area (Å²) in [5, 5.41) is 0.487. The number of sulfonamides is 1. The molecule has 1 fully saturated rings. The lowest BCUT2D eigenvalue weighted by atomic mass is 10.0. The zero-order chi connectivity index (χ0) is 27.2. The molecule has 0 spiro atoms. The number of hydrogen-bond acceptors (Lipinski definition) is 8. The van der Waals surface area contributed by atoms with Gasteiger partial charge >= 0.3 is 0 Å². The summed E-state index contributed by atoms with van der Waals surface area (Å²) in [5.41, 5.74) is 0.656. The van der Waals surface area contributed by atoms with E-state index in [4.69, 9.17) is 11.6 Å². The van der Waals surface area contributed by atoms with E-state index in [9.17, 15) is 21.6 Å². The number of sulfone groups is 1. The maximum atomic E-state index is 15.2. The highest BCUT2D eigenvalue weighted by atomic mass is 35.5. The Labute approximate surface area is 231 Å². The van der Waals surface area contributed by atoms with E-state index >= 15 is 4.39 Å². The number of anilines is 1. The number of nitrogens with one attached hydrogen (secondary N) is 1. The van der Waals surface area contributed by atoms with Gasteiger partial charge in [-0.15, -0.1) is 11.3 Å². The molecular formula is C24H19ClFN3O5S4. The highest BCUT2D eigenvalue weighted by molar-refractivity contribution is 7.91. The predicted molar refractivity (Wildman–Crippen MR) is 146 cm³/mol. The Kier molecular flexibility index (Phi) is 7.18. The number of aromatic nitrogens is 1. The Morgan fingerprint density at radius 2 is 1.84 bits per heavy atom. The molecule has 14 heteroatoms. The lowest BCUT2D eigenvalue weighted by molar-refractivity contribution is -0.118. The number of halogens is 2. The first-order valence-electron chi connectivity index (χ1n) is 11.1. The summed E-state index contributed by atoms with van der Waals surface area (Å²) in [4.78, 5) is 19.2. The molecule has 5 rings (SSSR count). The summed E-state index contributed by atoms with van der Waals surface area (Å²) >= 11 is 8.17. The monoisotopic (exact) mass is 611 g/mol. The van der Waals surface area contributed by atoms with Crippen LogP contribution in [0.25, 0.3) is 21.0 Å². The topological polar surface area (TPSA) is 114 Å². The van der Waals surface area contributed by atoms with Crippen LogP contribution >= 0.6 is 34.3 Å². The first kappa shape index (κ1) is 26.9. The SMILES string of the molecule is CS(=O)(=O)c1ccccc1-c1ccc(N2CC[C@H](NS(=O)(=O)c3cnc(-c4ccc(Cl)s4)s3)C2=O)c(F)c1. The maximum Gasteiger partial charge on any atom is 0.252 e. The van der Waals surface area contributed by atoms with Crippen LogP contribution in [0, 0.1) is 5.82 Å². The zero-order valence-corrected chi connectivity index (χ0v) is 23.6. The van der Waals surface area contributed by atoms with Crippen LogP contribution in [0.4, 0.5) is 10.1 Å². The lowest BCUT2D eigenvalue weighted by Crippen LogP contribution is -2.41. The van der Waals surface area contributed by atoms with E-state index in [2.05, 4.69) is 9.71 Å². The van der Waals surface area contributed by atoms with E-state index in [-0.39, 0.29) is 27.8 Å². The van der Waals surface area contributed by atoms with Crippen molar-refractivity contribution in [2.75, 3.05) is 17.7 Å². The average molecular weight is 612 g/mol. The van der Waals surface area contributed by atoms with Crippen molar-refractivity contribution in [3.63, 3.8) is 0 Å². The van der Waals surface area contributed by atoms with Gasteiger partial charge in [0.2, 0.25) is 5.91 Å². The van der Waals surface area contributed by atoms with Crippen molar-refractivity contribution < 1.29 is 26.0 Å². The highest BCUT2D eigenvalue weighted by Gasteiger charge is 2.37. The van der Waals surface area contributed by atoms with Crippen LogP contribution in [0.1, 0.15) is 6.42 Å². The van der Waals surface area contributed by atoms with E-state index in [1.54, 1.807) is 30.3 Å². The number of carbonyl (C=O) groups excluding carboxylic acids is 1. The third-order valence-electron chi connectivity index (χ3n) is 5.87. The number of benzene rings is 2. The Hall–Kier alpha value is -2.68. The molecule has 1 amide bonds. The number of carbonyl (C=O) groups is 1. The Balaban J connectivity index is 1.35. The lowest BCUT2D eigenvalue weighted by Gasteiger charge is -2.19. The molecule has 0 aliphatic carbocycles. The molecule has 4 aromatic rings. The van der Waals surface area contributed by atoms with Gasteiger partial charge in [-0.2, -0.15) is 4.72 Å². The van der Waals surface area contributed by atoms with Gasteiger partial charge in [-0.25, -0.2) is 26.2 Å². The number of thiazole rings is 1. The van der Waals surface area contributed by atoms with Crippen molar-refractivity contribution in [2.24, 2.45) is 0 Å². The van der Waals surface area contributed by atoms with Crippen molar-refractivity contribution in [1.82, 2.24) is 9.71 Å². The third-order valence-corrected chi connectivity index (χ3v) is 11.4. The van der Waals surface area contributed by atoms with Crippen LogP contribution in [-0.4, -0.2) is 46.6 Å². The highest BCUT2D eigenvalue weighted by Crippen LogP contribution is 2.36. The standard InChI is InChI=1S/C24H19ClFN3O5S4/c1-37(31,32)20-5-3-2-4-15(20)14-6-7-18(16(26)12-14)29-11-10-17(24(29)30)28-38(33,34)22-13-27-23(36-22)19-8-9-21(25)35-19/h2-9,12-13,17,28H,10-11H2,1H3/t17-/m0/s1. The van der Waals surface area contributed by atoms with Crippen molar-refractivity contribution in [3.8, 4) is 21.0 Å². The van der Waals surface area contributed by atoms with Crippen molar-refractivity contribution in [1.29, 1.82) is 0 Å². The van der Waals surface area contributed by atoms with E-state index in [1.165, 1.54) is 46.7 Å². The largest absolute Gasteiger partial charge is 0.308 e. The summed E-state index contributed by atoms with van der Waals surface area (Å²) in [5.74, 6) is -1.32. The second-order valence-corrected chi connectivity index (χ2v) is 15.1. The van der Waals surface area contributed by atoms with Crippen molar-refractivity contribution >= 4 is 65.7 Å². The molecule has 3 heterocycles. The molecule has 1 aliphatic rings. The Morgan fingerprint density at radius 1 is 1.08 bits per heavy atom. The summed E-state index contributed by atoms with van der Waals surface area (Å²) < 4.78 is 68.3. The second-order valence-electron chi connectivity index (χ2n) is 8.48. The number of amides is 1. The molecule has 198 valence electrons. The minimum absolute atomic E-state index is 0.0214. The van der Waals surface area contributed by atoms with Crippen LogP contribution in [-0.2, 0) is 24.7 Å². The first-order chi connectivity index (χ1) is 17.9. The van der Waals surface area contributed by atoms with Crippen LogP contribution in [0.3, 0.4) is 0 Å². The van der Waals surface area contributed by atoms with E-state index in [0.717, 1.165) is 22.5 Å². The molecular weight excluding hydrogens is 593 g/mol. The van der Waals surface area contributed by atoms with E-state index in [1.807, 2.05) is 0 Å². The fourth-order valence-corrected chi connectivity index (χ4v) is 8.51. The first-order valence-corrected chi connectivity index (χ1v) is 16.5. The van der Waals surface area contributed by atoms with Gasteiger partial charge in [0.1, 0.15) is 16.9 Å². The summed E-state index contributed by atoms with van der Waals surface area (Å²) in [7, 11) is -7.61. The molecule has 2 aromatic carbocycles. The molecule has 1 aliphatic heterocycles. The molecule has 2 aromatic heterocycles. The van der Waals surface area contributed by atoms with Gasteiger partial charge in [-0.05, 0) is 42.3 Å². The van der Waals surface area contributed by atoms with E-state index in [0.29, 0.717) is 20.5 Å². The Morgan fingerprint density at radius 3 is 2.53 bits per heavy atom. The normalized spacial score (nSPS) is 16.3. The molecule has 0 saturated carbocycles. The van der Waals surface area contributed by atoms with Crippen molar-refractivity contribution in [3.05, 3.63) is 70.9 Å². The average Bonchev–Trinajstić information content (AvgIpc) is 3.60.